The summed E-state index contributed by atoms with van der Waals surface area (Å²) in [5.41, 5.74) is 1.35. The lowest BCUT2D eigenvalue weighted by Gasteiger charge is -2.14. The Labute approximate surface area is 175 Å². The van der Waals surface area contributed by atoms with Crippen LogP contribution in [0.2, 0.25) is 0 Å². The largest absolute Gasteiger partial charge is 0.708 e. The van der Waals surface area contributed by atoms with Crippen LogP contribution in [0.15, 0.2) is 24.5 Å². The number of ether oxygens (including phenoxy) is 2. The maximum atomic E-state index is 11.7. The van der Waals surface area contributed by atoms with Crippen molar-refractivity contribution in [3.63, 3.8) is 0 Å². The number of imidazole rings is 1. The highest BCUT2D eigenvalue weighted by molar-refractivity contribution is 7.64. The van der Waals surface area contributed by atoms with Crippen molar-refractivity contribution in [1.82, 2.24) is 9.55 Å². The SMILES string of the molecule is COc1ccc2ncn([C@H]3C[C@H](O)[C@@H](CO[P+](=O)OP(=O)(O)OP(=O)(O)OO)O3)c2c1. The molecule has 0 radical (unpaired) electrons. The molecule has 1 saturated heterocycles. The van der Waals surface area contributed by atoms with Gasteiger partial charge < -0.3 is 24.0 Å². The third kappa shape index (κ3) is 6.14. The van der Waals surface area contributed by atoms with Gasteiger partial charge in [0.1, 0.15) is 24.7 Å². The van der Waals surface area contributed by atoms with Gasteiger partial charge in [0.05, 0.1) is 30.6 Å². The zero-order valence-corrected chi connectivity index (χ0v) is 18.3. The van der Waals surface area contributed by atoms with E-state index in [9.17, 15) is 23.7 Å². The van der Waals surface area contributed by atoms with Crippen LogP contribution in [0.1, 0.15) is 12.6 Å². The summed E-state index contributed by atoms with van der Waals surface area (Å²) in [5.74, 6) is 0.594. The van der Waals surface area contributed by atoms with Gasteiger partial charge in [-0.05, 0) is 16.4 Å². The summed E-state index contributed by atoms with van der Waals surface area (Å²) in [4.78, 5) is 22.3. The summed E-state index contributed by atoms with van der Waals surface area (Å²) in [6.07, 6.45) is -1.02. The molecule has 4 N–H and O–H groups in total. The van der Waals surface area contributed by atoms with Crippen molar-refractivity contribution in [3.8, 4) is 5.75 Å². The first-order chi connectivity index (χ1) is 14.5. The van der Waals surface area contributed by atoms with Gasteiger partial charge in [0, 0.05) is 17.1 Å². The Hall–Kier alpha value is -1.31. The van der Waals surface area contributed by atoms with Gasteiger partial charge in [-0.15, -0.1) is 9.20 Å². The Morgan fingerprint density at radius 3 is 2.74 bits per heavy atom. The maximum absolute atomic E-state index is 11.7. The maximum Gasteiger partial charge on any atom is 0.708 e. The topological polar surface area (TPSA) is 205 Å². The van der Waals surface area contributed by atoms with E-state index >= 15 is 0 Å². The number of hydrogen-bond donors (Lipinski definition) is 4. The summed E-state index contributed by atoms with van der Waals surface area (Å²) < 4.78 is 62.0. The lowest BCUT2D eigenvalue weighted by molar-refractivity contribution is -0.157. The third-order valence-corrected chi connectivity index (χ3v) is 7.70. The van der Waals surface area contributed by atoms with Crippen LogP contribution < -0.4 is 4.74 Å². The molecular weight excluding hydrogens is 485 g/mol. The predicted molar refractivity (Wildman–Crippen MR) is 99.9 cm³/mol. The summed E-state index contributed by atoms with van der Waals surface area (Å²) in [5, 5.41) is 18.3. The van der Waals surface area contributed by atoms with Gasteiger partial charge in [-0.1, -0.05) is 0 Å². The number of rotatable bonds is 10. The Kier molecular flexibility index (Phi) is 7.59. The van der Waals surface area contributed by atoms with Crippen molar-refractivity contribution in [2.24, 2.45) is 0 Å². The van der Waals surface area contributed by atoms with Crippen LogP contribution in [0.3, 0.4) is 0 Å². The average Bonchev–Trinajstić information content (AvgIpc) is 3.27. The van der Waals surface area contributed by atoms with Crippen molar-refractivity contribution < 1.29 is 61.1 Å². The second kappa shape index (κ2) is 9.67. The first-order valence-electron chi connectivity index (χ1n) is 8.37. The molecule has 18 heteroatoms. The minimum absolute atomic E-state index is 0.136. The van der Waals surface area contributed by atoms with Crippen LogP contribution in [0.25, 0.3) is 11.0 Å². The van der Waals surface area contributed by atoms with Gasteiger partial charge in [0.25, 0.3) is 0 Å². The molecule has 0 spiro atoms. The Morgan fingerprint density at radius 1 is 1.32 bits per heavy atom. The Bertz CT molecular complexity index is 1040. The number of methoxy groups -OCH3 is 1. The molecule has 0 aliphatic carbocycles. The molecule has 0 saturated carbocycles. The van der Waals surface area contributed by atoms with E-state index in [0.29, 0.717) is 16.8 Å². The predicted octanol–water partition coefficient (Wildman–Crippen LogP) is 2.09. The van der Waals surface area contributed by atoms with E-state index in [4.69, 9.17) is 24.1 Å². The molecule has 1 aromatic carbocycles. The van der Waals surface area contributed by atoms with Crippen molar-refractivity contribution >= 4 is 34.9 Å². The fraction of sp³-hybridized carbons (Fsp3) is 0.462. The Morgan fingerprint density at radius 2 is 2.06 bits per heavy atom. The molecule has 2 aromatic rings. The van der Waals surface area contributed by atoms with Crippen LogP contribution in [-0.2, 0) is 36.3 Å². The fourth-order valence-corrected chi connectivity index (χ4v) is 5.48. The van der Waals surface area contributed by atoms with E-state index in [-0.39, 0.29) is 6.42 Å². The van der Waals surface area contributed by atoms with Gasteiger partial charge in [0.15, 0.2) is 0 Å². The highest BCUT2D eigenvalue weighted by Gasteiger charge is 2.46. The zero-order chi connectivity index (χ0) is 22.8. The lowest BCUT2D eigenvalue weighted by atomic mass is 10.2. The molecule has 15 nitrogen and oxygen atoms in total. The smallest absolute Gasteiger partial charge is 0.497 e. The summed E-state index contributed by atoms with van der Waals surface area (Å²) in [6.45, 7) is -0.518. The number of hydrogen-bond acceptors (Lipinski definition) is 12. The van der Waals surface area contributed by atoms with Gasteiger partial charge in [-0.3, -0.25) is 4.89 Å². The summed E-state index contributed by atoms with van der Waals surface area (Å²) >= 11 is 0. The first kappa shape index (κ1) is 24.3. The summed E-state index contributed by atoms with van der Waals surface area (Å²) in [6, 6.07) is 5.23. The second-order valence-electron chi connectivity index (χ2n) is 6.14. The standard InChI is InChI=1S/C13H17N2O13P3/c1-23-8-2-3-9-10(4-8)15(7-14-9)13-5-11(16)12(25-13)6-24-29(18)27-31(21,22)28-30(19,20)26-17/h2-4,7,11-13,16H,5-6H2,1H3,(H2-,17,19,20,21,22)/p+1/t11-,12+,13+/m0/s1. The van der Waals surface area contributed by atoms with E-state index in [0.717, 1.165) is 0 Å². The van der Waals surface area contributed by atoms with Crippen LogP contribution in [-0.4, -0.2) is 55.6 Å². The number of fused-ring (bicyclic) bond motifs is 1. The van der Waals surface area contributed by atoms with Crippen LogP contribution in [0.5, 0.6) is 5.75 Å². The van der Waals surface area contributed by atoms with Gasteiger partial charge in [-0.2, -0.15) is 4.31 Å². The van der Waals surface area contributed by atoms with Crippen molar-refractivity contribution in [1.29, 1.82) is 0 Å². The zero-order valence-electron chi connectivity index (χ0n) is 15.7. The minimum Gasteiger partial charge on any atom is -0.497 e. The van der Waals surface area contributed by atoms with Gasteiger partial charge in [-0.25, -0.2) is 19.4 Å². The van der Waals surface area contributed by atoms with E-state index in [1.807, 2.05) is 0 Å². The van der Waals surface area contributed by atoms with Crippen LogP contribution in [0, 0.1) is 0 Å². The van der Waals surface area contributed by atoms with Crippen molar-refractivity contribution in [2.75, 3.05) is 13.7 Å². The first-order valence-corrected chi connectivity index (χ1v) is 12.5. The van der Waals surface area contributed by atoms with Gasteiger partial charge >= 0.3 is 23.9 Å². The van der Waals surface area contributed by atoms with E-state index in [1.54, 1.807) is 22.8 Å². The highest BCUT2D eigenvalue weighted by Crippen LogP contribution is 2.63. The van der Waals surface area contributed by atoms with E-state index < -0.39 is 48.9 Å². The van der Waals surface area contributed by atoms with Crippen molar-refractivity contribution in [2.45, 2.75) is 24.9 Å². The quantitative estimate of drug-likeness (QED) is 0.208. The molecule has 1 aliphatic heterocycles. The van der Waals surface area contributed by atoms with Crippen LogP contribution >= 0.6 is 23.9 Å². The molecule has 6 atom stereocenters. The highest BCUT2D eigenvalue weighted by atomic mass is 31.3. The Balaban J connectivity index is 1.59. The monoisotopic (exact) mass is 503 g/mol. The molecule has 2 heterocycles. The molecule has 3 rings (SSSR count). The second-order valence-corrected chi connectivity index (χ2v) is 10.2. The molecule has 31 heavy (non-hydrogen) atoms. The molecule has 3 unspecified atom stereocenters. The molecule has 0 amide bonds. The minimum atomic E-state index is -5.38. The number of nitrogens with zero attached hydrogens (tertiary/aromatic N) is 2. The molecule has 1 fully saturated rings. The number of aliphatic hydroxyl groups excluding tert-OH is 1. The van der Waals surface area contributed by atoms with E-state index in [2.05, 4.69) is 18.3 Å². The third-order valence-electron chi connectivity index (χ3n) is 4.12. The molecule has 1 aliphatic rings. The molecule has 1 aromatic heterocycles. The molecular formula is C13H18N2O13P3+. The van der Waals surface area contributed by atoms with Gasteiger partial charge in [0.2, 0.25) is 0 Å². The normalized spacial score (nSPS) is 25.8. The number of benzene rings is 1. The molecule has 172 valence electrons. The fourth-order valence-electron chi connectivity index (χ4n) is 2.80. The number of aliphatic hydroxyl groups is 1. The molecule has 0 bridgehead atoms. The summed E-state index contributed by atoms with van der Waals surface area (Å²) in [7, 11) is -12.5. The number of phosphoric acid groups is 2. The lowest BCUT2D eigenvalue weighted by Crippen LogP contribution is -2.25. The number of aromatic nitrogens is 2. The van der Waals surface area contributed by atoms with Crippen LogP contribution in [0.4, 0.5) is 0 Å². The van der Waals surface area contributed by atoms with Crippen molar-refractivity contribution in [3.05, 3.63) is 24.5 Å². The average molecular weight is 503 g/mol. The van der Waals surface area contributed by atoms with E-state index in [1.165, 1.54) is 13.4 Å².